The third-order valence-corrected chi connectivity index (χ3v) is 7.99. The van der Waals surface area contributed by atoms with Gasteiger partial charge in [-0.25, -0.2) is 0 Å². The number of rotatable bonds is 8. The Balaban J connectivity index is 1.43. The molecule has 1 aromatic carbocycles. The first-order valence-corrected chi connectivity index (χ1v) is 11.9. The number of hydrogen-bond acceptors (Lipinski definition) is 7. The molecule has 5 nitrogen and oxygen atoms in total. The van der Waals surface area contributed by atoms with Gasteiger partial charge in [-0.05, 0) is 30.5 Å². The molecule has 0 saturated heterocycles. The summed E-state index contributed by atoms with van der Waals surface area (Å²) in [6, 6.07) is 8.46. The molecule has 3 rings (SSSR count). The van der Waals surface area contributed by atoms with E-state index in [1.807, 2.05) is 24.1 Å². The Morgan fingerprint density at radius 1 is 1.15 bits per heavy atom. The van der Waals surface area contributed by atoms with Crippen molar-refractivity contribution in [2.75, 3.05) is 19.9 Å². The van der Waals surface area contributed by atoms with Crippen LogP contribution in [-0.4, -0.2) is 47.0 Å². The van der Waals surface area contributed by atoms with E-state index in [0.717, 1.165) is 33.0 Å². The van der Waals surface area contributed by atoms with Crippen LogP contribution in [0.25, 0.3) is 0 Å². The largest absolute Gasteiger partial charge is 0.497 e. The average Bonchev–Trinajstić information content (AvgIpc) is 3.19. The van der Waals surface area contributed by atoms with Crippen LogP contribution in [-0.2, 0) is 10.5 Å². The Hall–Kier alpha value is -1.25. The van der Waals surface area contributed by atoms with Crippen molar-refractivity contribution in [2.45, 2.75) is 52.6 Å². The molecule has 2 aromatic rings. The number of thioether (sulfide) groups is 2. The van der Waals surface area contributed by atoms with E-state index in [1.165, 1.54) is 36.6 Å². The molecule has 0 unspecified atom stereocenters. The molecule has 0 N–H and O–H groups in total. The van der Waals surface area contributed by atoms with Crippen LogP contribution in [0.4, 0.5) is 0 Å². The van der Waals surface area contributed by atoms with Gasteiger partial charge in [0.25, 0.3) is 0 Å². The van der Waals surface area contributed by atoms with E-state index in [2.05, 4.69) is 22.3 Å². The lowest BCUT2D eigenvalue weighted by Gasteiger charge is -2.31. The highest BCUT2D eigenvalue weighted by atomic mass is 32.2. The van der Waals surface area contributed by atoms with Crippen molar-refractivity contribution in [3.8, 4) is 5.75 Å². The van der Waals surface area contributed by atoms with Crippen LogP contribution >= 0.6 is 34.9 Å². The quantitative estimate of drug-likeness (QED) is 0.573. The summed E-state index contributed by atoms with van der Waals surface area (Å²) in [7, 11) is 3.61. The van der Waals surface area contributed by atoms with Crippen molar-refractivity contribution in [2.24, 2.45) is 0 Å². The van der Waals surface area contributed by atoms with Crippen LogP contribution in [0.3, 0.4) is 0 Å². The SMILES string of the molecule is COc1ccc(CSc2nnc(SCC(=O)N(C)C3CCCCC3)s2)cc1. The summed E-state index contributed by atoms with van der Waals surface area (Å²) >= 11 is 4.72. The zero-order chi connectivity index (χ0) is 19.1. The fourth-order valence-corrected chi connectivity index (χ4v) is 5.98. The smallest absolute Gasteiger partial charge is 0.233 e. The van der Waals surface area contributed by atoms with Crippen LogP contribution in [0, 0.1) is 0 Å². The summed E-state index contributed by atoms with van der Waals surface area (Å²) in [5, 5.41) is 8.46. The number of hydrogen-bond donors (Lipinski definition) is 0. The molecule has 0 aliphatic heterocycles. The molecule has 0 atom stereocenters. The third-order valence-electron chi connectivity index (χ3n) is 4.74. The van der Waals surface area contributed by atoms with Crippen molar-refractivity contribution in [3.05, 3.63) is 29.8 Å². The van der Waals surface area contributed by atoms with Crippen molar-refractivity contribution in [3.63, 3.8) is 0 Å². The predicted octanol–water partition coefficient (Wildman–Crippen LogP) is 4.72. The summed E-state index contributed by atoms with van der Waals surface area (Å²) in [5.74, 6) is 2.33. The van der Waals surface area contributed by atoms with Gasteiger partial charge in [-0.15, -0.1) is 10.2 Å². The highest BCUT2D eigenvalue weighted by Crippen LogP contribution is 2.31. The molecule has 27 heavy (non-hydrogen) atoms. The predicted molar refractivity (Wildman–Crippen MR) is 113 cm³/mol. The first kappa shape index (κ1) is 20.5. The van der Waals surface area contributed by atoms with Gasteiger partial charge in [0.2, 0.25) is 5.91 Å². The lowest BCUT2D eigenvalue weighted by Crippen LogP contribution is -2.39. The molecule has 0 bridgehead atoms. The second-order valence-corrected chi connectivity index (χ2v) is 9.98. The molecule has 146 valence electrons. The molecule has 1 aliphatic carbocycles. The van der Waals surface area contributed by atoms with Crippen molar-refractivity contribution in [1.82, 2.24) is 15.1 Å². The standard InChI is InChI=1S/C19H25N3O2S3/c1-22(15-6-4-3-5-7-15)17(23)13-26-19-21-20-18(27-19)25-12-14-8-10-16(24-2)11-9-14/h8-11,15H,3-7,12-13H2,1-2H3. The van der Waals surface area contributed by atoms with Crippen molar-refractivity contribution < 1.29 is 9.53 Å². The number of nitrogens with zero attached hydrogens (tertiary/aromatic N) is 3. The minimum Gasteiger partial charge on any atom is -0.497 e. The second kappa shape index (κ2) is 10.3. The summed E-state index contributed by atoms with van der Waals surface area (Å²) in [5.41, 5.74) is 1.22. The van der Waals surface area contributed by atoms with Gasteiger partial charge in [0.15, 0.2) is 8.68 Å². The van der Waals surface area contributed by atoms with Gasteiger partial charge in [-0.1, -0.05) is 66.3 Å². The van der Waals surface area contributed by atoms with E-state index in [0.29, 0.717) is 11.8 Å². The van der Waals surface area contributed by atoms with Gasteiger partial charge in [-0.2, -0.15) is 0 Å². The number of amides is 1. The fraction of sp³-hybridized carbons (Fsp3) is 0.526. The summed E-state index contributed by atoms with van der Waals surface area (Å²) in [6.07, 6.45) is 6.05. The number of carbonyl (C=O) groups is 1. The van der Waals surface area contributed by atoms with Gasteiger partial charge in [0, 0.05) is 18.8 Å². The number of aromatic nitrogens is 2. The number of ether oxygens (including phenoxy) is 1. The Labute approximate surface area is 173 Å². The van der Waals surface area contributed by atoms with Crippen LogP contribution < -0.4 is 4.74 Å². The van der Waals surface area contributed by atoms with Gasteiger partial charge >= 0.3 is 0 Å². The molecule has 0 spiro atoms. The molecule has 1 aromatic heterocycles. The van der Waals surface area contributed by atoms with Gasteiger partial charge in [0.1, 0.15) is 5.75 Å². The van der Waals surface area contributed by atoms with Crippen LogP contribution in [0.15, 0.2) is 32.9 Å². The number of benzene rings is 1. The Morgan fingerprint density at radius 3 is 2.48 bits per heavy atom. The van der Waals surface area contributed by atoms with E-state index >= 15 is 0 Å². The minimum absolute atomic E-state index is 0.189. The molecule has 1 fully saturated rings. The normalized spacial score (nSPS) is 14.9. The maximum absolute atomic E-state index is 12.4. The van der Waals surface area contributed by atoms with Crippen molar-refractivity contribution >= 4 is 40.8 Å². The highest BCUT2D eigenvalue weighted by molar-refractivity contribution is 8.03. The molecule has 0 radical (unpaired) electrons. The van der Waals surface area contributed by atoms with Crippen LogP contribution in [0.5, 0.6) is 5.75 Å². The summed E-state index contributed by atoms with van der Waals surface area (Å²) in [6.45, 7) is 0. The molecule has 1 aliphatic rings. The molecular formula is C19H25N3O2S3. The molecular weight excluding hydrogens is 398 g/mol. The maximum Gasteiger partial charge on any atom is 0.233 e. The lowest BCUT2D eigenvalue weighted by molar-refractivity contribution is -0.129. The second-order valence-electron chi connectivity index (χ2n) is 6.56. The van der Waals surface area contributed by atoms with E-state index in [4.69, 9.17) is 4.74 Å². The molecule has 1 amide bonds. The van der Waals surface area contributed by atoms with Gasteiger partial charge < -0.3 is 9.64 Å². The zero-order valence-corrected chi connectivity index (χ0v) is 18.2. The first-order valence-electron chi connectivity index (χ1n) is 9.13. The lowest BCUT2D eigenvalue weighted by atomic mass is 9.94. The third kappa shape index (κ3) is 6.12. The van der Waals surface area contributed by atoms with E-state index in [9.17, 15) is 4.79 Å². The topological polar surface area (TPSA) is 55.3 Å². The number of carbonyl (C=O) groups excluding carboxylic acids is 1. The van der Waals surface area contributed by atoms with Crippen LogP contribution in [0.2, 0.25) is 0 Å². The monoisotopic (exact) mass is 423 g/mol. The zero-order valence-electron chi connectivity index (χ0n) is 15.7. The maximum atomic E-state index is 12.4. The number of methoxy groups -OCH3 is 1. The Bertz CT molecular complexity index is 730. The minimum atomic E-state index is 0.189. The van der Waals surface area contributed by atoms with Crippen LogP contribution in [0.1, 0.15) is 37.7 Å². The van der Waals surface area contributed by atoms with Gasteiger partial charge in [0.05, 0.1) is 12.9 Å². The first-order chi connectivity index (χ1) is 13.2. The fourth-order valence-electron chi connectivity index (χ4n) is 3.08. The van der Waals surface area contributed by atoms with E-state index in [-0.39, 0.29) is 5.91 Å². The molecule has 1 heterocycles. The Morgan fingerprint density at radius 2 is 1.81 bits per heavy atom. The van der Waals surface area contributed by atoms with Crippen molar-refractivity contribution in [1.29, 1.82) is 0 Å². The van der Waals surface area contributed by atoms with E-state index in [1.54, 1.807) is 30.2 Å². The average molecular weight is 424 g/mol. The van der Waals surface area contributed by atoms with E-state index < -0.39 is 0 Å². The molecule has 1 saturated carbocycles. The highest BCUT2D eigenvalue weighted by Gasteiger charge is 2.22. The summed E-state index contributed by atoms with van der Waals surface area (Å²) in [4.78, 5) is 14.4. The Kier molecular flexibility index (Phi) is 7.84. The summed E-state index contributed by atoms with van der Waals surface area (Å²) < 4.78 is 6.97. The van der Waals surface area contributed by atoms with Gasteiger partial charge in [-0.3, -0.25) is 4.79 Å². The molecule has 8 heteroatoms.